The number of carbonyl (C=O) groups excluding carboxylic acids is 2. The maximum atomic E-state index is 12.7. The SMILES string of the molecule is O=C(Nc1ccnn1CC1CCOC1)C1CC(=O)N(c2cccc(Cl)c2)C1. The Bertz CT molecular complexity index is 847. The first kappa shape index (κ1) is 18.0. The Morgan fingerprint density at radius 2 is 2.26 bits per heavy atom. The number of anilines is 2. The van der Waals surface area contributed by atoms with Crippen LogP contribution < -0.4 is 10.2 Å². The number of hydrogen-bond acceptors (Lipinski definition) is 4. The molecule has 142 valence electrons. The van der Waals surface area contributed by atoms with Crippen LogP contribution in [0.2, 0.25) is 5.02 Å². The lowest BCUT2D eigenvalue weighted by Crippen LogP contribution is -2.29. The highest BCUT2D eigenvalue weighted by Crippen LogP contribution is 2.28. The molecule has 0 aliphatic carbocycles. The van der Waals surface area contributed by atoms with Crippen LogP contribution in [0.25, 0.3) is 0 Å². The van der Waals surface area contributed by atoms with Crippen LogP contribution in [-0.4, -0.2) is 41.4 Å². The van der Waals surface area contributed by atoms with Crippen molar-refractivity contribution in [3.63, 3.8) is 0 Å². The first-order chi connectivity index (χ1) is 13.1. The molecule has 2 fully saturated rings. The van der Waals surface area contributed by atoms with Crippen LogP contribution in [0.5, 0.6) is 0 Å². The van der Waals surface area contributed by atoms with Gasteiger partial charge in [-0.25, -0.2) is 4.68 Å². The molecule has 27 heavy (non-hydrogen) atoms. The van der Waals surface area contributed by atoms with Crippen molar-refractivity contribution in [1.29, 1.82) is 0 Å². The number of carbonyl (C=O) groups is 2. The number of aromatic nitrogens is 2. The Hall–Kier alpha value is -2.38. The average molecular weight is 389 g/mol. The Balaban J connectivity index is 1.41. The van der Waals surface area contributed by atoms with E-state index in [-0.39, 0.29) is 18.2 Å². The monoisotopic (exact) mass is 388 g/mol. The van der Waals surface area contributed by atoms with Crippen molar-refractivity contribution in [3.8, 4) is 0 Å². The van der Waals surface area contributed by atoms with Crippen molar-refractivity contribution in [1.82, 2.24) is 9.78 Å². The molecule has 0 spiro atoms. The zero-order chi connectivity index (χ0) is 18.8. The molecule has 1 aromatic carbocycles. The maximum absolute atomic E-state index is 12.7. The van der Waals surface area contributed by atoms with Crippen molar-refractivity contribution in [3.05, 3.63) is 41.6 Å². The molecule has 2 aliphatic rings. The zero-order valence-corrected chi connectivity index (χ0v) is 15.6. The highest BCUT2D eigenvalue weighted by molar-refractivity contribution is 6.31. The summed E-state index contributed by atoms with van der Waals surface area (Å²) in [5.74, 6) is 0.411. The Kier molecular flexibility index (Phi) is 5.13. The number of nitrogens with one attached hydrogen (secondary N) is 1. The van der Waals surface area contributed by atoms with Gasteiger partial charge in [0.1, 0.15) is 5.82 Å². The van der Waals surface area contributed by atoms with Gasteiger partial charge in [0.05, 0.1) is 18.7 Å². The lowest BCUT2D eigenvalue weighted by atomic mass is 10.1. The minimum Gasteiger partial charge on any atom is -0.381 e. The first-order valence-electron chi connectivity index (χ1n) is 9.06. The smallest absolute Gasteiger partial charge is 0.230 e. The van der Waals surface area contributed by atoms with E-state index in [4.69, 9.17) is 16.3 Å². The van der Waals surface area contributed by atoms with Crippen molar-refractivity contribution in [2.45, 2.75) is 19.4 Å². The van der Waals surface area contributed by atoms with Gasteiger partial charge < -0.3 is 15.0 Å². The van der Waals surface area contributed by atoms with Crippen LogP contribution in [-0.2, 0) is 20.9 Å². The highest BCUT2D eigenvalue weighted by Gasteiger charge is 2.35. The minimum absolute atomic E-state index is 0.0750. The van der Waals surface area contributed by atoms with Gasteiger partial charge in [0.2, 0.25) is 11.8 Å². The molecule has 1 N–H and O–H groups in total. The van der Waals surface area contributed by atoms with Crippen molar-refractivity contribution in [2.24, 2.45) is 11.8 Å². The van der Waals surface area contributed by atoms with Gasteiger partial charge in [-0.2, -0.15) is 5.10 Å². The highest BCUT2D eigenvalue weighted by atomic mass is 35.5. The molecule has 2 aromatic rings. The van der Waals surface area contributed by atoms with Gasteiger partial charge in [-0.1, -0.05) is 17.7 Å². The van der Waals surface area contributed by atoms with E-state index >= 15 is 0 Å². The molecule has 3 heterocycles. The molecule has 2 atom stereocenters. The van der Waals surface area contributed by atoms with Crippen molar-refractivity contribution in [2.75, 3.05) is 30.0 Å². The molecule has 2 saturated heterocycles. The Morgan fingerprint density at radius 1 is 1.37 bits per heavy atom. The third-order valence-electron chi connectivity index (χ3n) is 5.04. The van der Waals surface area contributed by atoms with E-state index in [1.165, 1.54) is 0 Å². The topological polar surface area (TPSA) is 76.5 Å². The molecule has 0 bridgehead atoms. The van der Waals surface area contributed by atoms with Gasteiger partial charge in [0, 0.05) is 48.8 Å². The summed E-state index contributed by atoms with van der Waals surface area (Å²) >= 11 is 6.02. The molecule has 0 radical (unpaired) electrons. The number of nitrogens with zero attached hydrogens (tertiary/aromatic N) is 3. The number of ether oxygens (including phenoxy) is 1. The van der Waals surface area contributed by atoms with Gasteiger partial charge in [-0.15, -0.1) is 0 Å². The van der Waals surface area contributed by atoms with Crippen molar-refractivity contribution >= 4 is 34.9 Å². The van der Waals surface area contributed by atoms with E-state index < -0.39 is 5.92 Å². The van der Waals surface area contributed by atoms with Gasteiger partial charge in [-0.05, 0) is 24.6 Å². The lowest BCUT2D eigenvalue weighted by molar-refractivity contribution is -0.122. The number of rotatable bonds is 5. The second-order valence-corrected chi connectivity index (χ2v) is 7.44. The van der Waals surface area contributed by atoms with Gasteiger partial charge in [0.25, 0.3) is 0 Å². The van der Waals surface area contributed by atoms with Crippen LogP contribution >= 0.6 is 11.6 Å². The van der Waals surface area contributed by atoms with Crippen LogP contribution in [0.15, 0.2) is 36.5 Å². The quantitative estimate of drug-likeness (QED) is 0.854. The molecular formula is C19H21ClN4O3. The standard InChI is InChI=1S/C19H21ClN4O3/c20-15-2-1-3-16(9-15)23-11-14(8-18(23)25)19(26)22-17-4-6-21-24(17)10-13-5-7-27-12-13/h1-4,6,9,13-14H,5,7-8,10-12H2,(H,22,26). The molecule has 0 saturated carbocycles. The molecule has 2 aliphatic heterocycles. The van der Waals surface area contributed by atoms with Crippen LogP contribution in [0.1, 0.15) is 12.8 Å². The third-order valence-corrected chi connectivity index (χ3v) is 5.27. The summed E-state index contributed by atoms with van der Waals surface area (Å²) in [6.07, 6.45) is 2.85. The normalized spacial score (nSPS) is 22.4. The molecular weight excluding hydrogens is 368 g/mol. The second-order valence-electron chi connectivity index (χ2n) is 7.00. The van der Waals surface area contributed by atoms with Gasteiger partial charge in [0.15, 0.2) is 0 Å². The van der Waals surface area contributed by atoms with Crippen molar-refractivity contribution < 1.29 is 14.3 Å². The van der Waals surface area contributed by atoms with E-state index in [9.17, 15) is 9.59 Å². The number of hydrogen-bond donors (Lipinski definition) is 1. The maximum Gasteiger partial charge on any atom is 0.230 e. The van der Waals surface area contributed by atoms with Crippen LogP contribution in [0.3, 0.4) is 0 Å². The van der Waals surface area contributed by atoms with E-state index in [1.54, 1.807) is 40.0 Å². The summed E-state index contributed by atoms with van der Waals surface area (Å²) < 4.78 is 7.20. The lowest BCUT2D eigenvalue weighted by Gasteiger charge is -2.17. The van der Waals surface area contributed by atoms with E-state index in [2.05, 4.69) is 10.4 Å². The number of benzene rings is 1. The minimum atomic E-state index is -0.408. The van der Waals surface area contributed by atoms with E-state index in [0.717, 1.165) is 19.6 Å². The summed E-state index contributed by atoms with van der Waals surface area (Å²) in [7, 11) is 0. The van der Waals surface area contributed by atoms with Crippen LogP contribution in [0, 0.1) is 11.8 Å². The fourth-order valence-corrected chi connectivity index (χ4v) is 3.75. The van der Waals surface area contributed by atoms with Gasteiger partial charge in [-0.3, -0.25) is 9.59 Å². The number of halogens is 1. The summed E-state index contributed by atoms with van der Waals surface area (Å²) in [5.41, 5.74) is 0.717. The second kappa shape index (κ2) is 7.70. The molecule has 7 nitrogen and oxygen atoms in total. The molecule has 1 aromatic heterocycles. The predicted molar refractivity (Wildman–Crippen MR) is 102 cm³/mol. The summed E-state index contributed by atoms with van der Waals surface area (Å²) in [6.45, 7) is 2.55. The molecule has 4 rings (SSSR count). The van der Waals surface area contributed by atoms with E-state index in [1.807, 2.05) is 6.07 Å². The largest absolute Gasteiger partial charge is 0.381 e. The Morgan fingerprint density at radius 3 is 3.04 bits per heavy atom. The fraction of sp³-hybridized carbons (Fsp3) is 0.421. The Labute approximate surface area is 162 Å². The molecule has 2 unspecified atom stereocenters. The molecule has 2 amide bonds. The summed E-state index contributed by atoms with van der Waals surface area (Å²) in [6, 6.07) is 8.89. The van der Waals surface area contributed by atoms with Gasteiger partial charge >= 0.3 is 0 Å². The predicted octanol–water partition coefficient (Wildman–Crippen LogP) is 2.56. The molecule has 8 heteroatoms. The first-order valence-corrected chi connectivity index (χ1v) is 9.44. The number of amides is 2. The third kappa shape index (κ3) is 3.99. The van der Waals surface area contributed by atoms with Crippen LogP contribution in [0.4, 0.5) is 11.5 Å². The summed E-state index contributed by atoms with van der Waals surface area (Å²) in [5, 5.41) is 7.79. The zero-order valence-electron chi connectivity index (χ0n) is 14.8. The average Bonchev–Trinajstić information content (AvgIpc) is 3.38. The fourth-order valence-electron chi connectivity index (χ4n) is 3.56. The summed E-state index contributed by atoms with van der Waals surface area (Å²) in [4.78, 5) is 26.7. The van der Waals surface area contributed by atoms with E-state index in [0.29, 0.717) is 35.5 Å².